The van der Waals surface area contributed by atoms with Crippen LogP contribution in [0.5, 0.6) is 5.75 Å². The maximum Gasteiger partial charge on any atom is 0.277 e. The second-order valence-electron chi connectivity index (χ2n) is 4.02. The van der Waals surface area contributed by atoms with Crippen molar-refractivity contribution in [2.45, 2.75) is 6.92 Å². The lowest BCUT2D eigenvalue weighted by atomic mass is 10.2. The number of hydrazone groups is 1. The maximum atomic E-state index is 11.5. The molecule has 0 fully saturated rings. The first-order chi connectivity index (χ1) is 9.24. The Morgan fingerprint density at radius 1 is 1.42 bits per heavy atom. The van der Waals surface area contributed by atoms with Gasteiger partial charge in [-0.05, 0) is 36.8 Å². The average Bonchev–Trinajstić information content (AvgIpc) is 2.90. The number of benzene rings is 1. The molecule has 0 aliphatic heterocycles. The molecule has 1 heterocycles. The quantitative estimate of drug-likeness (QED) is 0.634. The first kappa shape index (κ1) is 12.9. The summed E-state index contributed by atoms with van der Waals surface area (Å²) in [7, 11) is 0. The molecule has 5 nitrogen and oxygen atoms in total. The molecule has 0 aliphatic carbocycles. The standard InChI is InChI=1S/C14H15N3O2/c1-11-4-2-6-13(8-11)19-10-14(18)17-16-9-12-5-3-7-15-12/h2-9,15H,10H2,1H3,(H,17,18)/b16-9+. The van der Waals surface area contributed by atoms with Crippen LogP contribution >= 0.6 is 0 Å². The molecule has 19 heavy (non-hydrogen) atoms. The fourth-order valence-corrected chi connectivity index (χ4v) is 1.48. The maximum absolute atomic E-state index is 11.5. The molecule has 1 amide bonds. The highest BCUT2D eigenvalue weighted by atomic mass is 16.5. The number of H-pyrrole nitrogens is 1. The normalized spacial score (nSPS) is 10.6. The number of hydrogen-bond acceptors (Lipinski definition) is 3. The van der Waals surface area contributed by atoms with Gasteiger partial charge in [-0.3, -0.25) is 4.79 Å². The second kappa shape index (κ2) is 6.39. The summed E-state index contributed by atoms with van der Waals surface area (Å²) in [6.45, 7) is 1.90. The van der Waals surface area contributed by atoms with Crippen LogP contribution < -0.4 is 10.2 Å². The van der Waals surface area contributed by atoms with Crippen LogP contribution in [0.15, 0.2) is 47.7 Å². The van der Waals surface area contributed by atoms with Crippen LogP contribution in [0.4, 0.5) is 0 Å². The van der Waals surface area contributed by atoms with Crippen LogP contribution in [0.25, 0.3) is 0 Å². The number of rotatable bonds is 5. The molecule has 2 rings (SSSR count). The number of amides is 1. The number of aromatic nitrogens is 1. The molecule has 0 radical (unpaired) electrons. The number of carbonyl (C=O) groups excluding carboxylic acids is 1. The van der Waals surface area contributed by atoms with E-state index in [2.05, 4.69) is 15.5 Å². The largest absolute Gasteiger partial charge is 0.484 e. The molecular weight excluding hydrogens is 242 g/mol. The van der Waals surface area contributed by atoms with Gasteiger partial charge in [0.2, 0.25) is 0 Å². The van der Waals surface area contributed by atoms with Crippen molar-refractivity contribution >= 4 is 12.1 Å². The van der Waals surface area contributed by atoms with Gasteiger partial charge in [0.25, 0.3) is 5.91 Å². The fraction of sp³-hybridized carbons (Fsp3) is 0.143. The number of nitrogens with zero attached hydrogens (tertiary/aromatic N) is 1. The zero-order valence-corrected chi connectivity index (χ0v) is 10.6. The van der Waals surface area contributed by atoms with E-state index in [-0.39, 0.29) is 12.5 Å². The Balaban J connectivity index is 1.76. The minimum Gasteiger partial charge on any atom is -0.484 e. The van der Waals surface area contributed by atoms with E-state index in [1.54, 1.807) is 6.20 Å². The van der Waals surface area contributed by atoms with Crippen LogP contribution in [0.3, 0.4) is 0 Å². The SMILES string of the molecule is Cc1cccc(OCC(=O)N/N=C/c2ccc[nH]2)c1. The van der Waals surface area contributed by atoms with Crippen LogP contribution in [-0.4, -0.2) is 23.7 Å². The highest BCUT2D eigenvalue weighted by molar-refractivity contribution is 5.81. The number of ether oxygens (including phenoxy) is 1. The first-order valence-corrected chi connectivity index (χ1v) is 5.89. The summed E-state index contributed by atoms with van der Waals surface area (Å²) in [6.07, 6.45) is 3.31. The topological polar surface area (TPSA) is 66.5 Å². The van der Waals surface area contributed by atoms with Gasteiger partial charge in [-0.25, -0.2) is 5.43 Å². The van der Waals surface area contributed by atoms with E-state index in [4.69, 9.17) is 4.74 Å². The summed E-state index contributed by atoms with van der Waals surface area (Å²) < 4.78 is 5.34. The molecular formula is C14H15N3O2. The number of aryl methyl sites for hydroxylation is 1. The van der Waals surface area contributed by atoms with Crippen molar-refractivity contribution < 1.29 is 9.53 Å². The van der Waals surface area contributed by atoms with Gasteiger partial charge in [-0.15, -0.1) is 0 Å². The molecule has 0 saturated carbocycles. The third-order valence-electron chi connectivity index (χ3n) is 2.37. The molecule has 98 valence electrons. The Morgan fingerprint density at radius 2 is 2.32 bits per heavy atom. The molecule has 2 aromatic rings. The van der Waals surface area contributed by atoms with Crippen molar-refractivity contribution in [1.82, 2.24) is 10.4 Å². The molecule has 0 saturated heterocycles. The number of carbonyl (C=O) groups is 1. The van der Waals surface area contributed by atoms with Gasteiger partial charge in [-0.2, -0.15) is 5.10 Å². The molecule has 2 N–H and O–H groups in total. The molecule has 0 unspecified atom stereocenters. The van der Waals surface area contributed by atoms with E-state index in [1.165, 1.54) is 6.21 Å². The van der Waals surface area contributed by atoms with Crippen molar-refractivity contribution in [2.75, 3.05) is 6.61 Å². The fourth-order valence-electron chi connectivity index (χ4n) is 1.48. The number of nitrogens with one attached hydrogen (secondary N) is 2. The van der Waals surface area contributed by atoms with Crippen LogP contribution in [0, 0.1) is 6.92 Å². The molecule has 0 atom stereocenters. The summed E-state index contributed by atoms with van der Waals surface area (Å²) in [6, 6.07) is 11.2. The van der Waals surface area contributed by atoms with Crippen molar-refractivity contribution in [3.63, 3.8) is 0 Å². The lowest BCUT2D eigenvalue weighted by molar-refractivity contribution is -0.123. The Morgan fingerprint density at radius 3 is 3.05 bits per heavy atom. The Kier molecular flexibility index (Phi) is 4.34. The molecule has 0 aliphatic rings. The number of hydrogen-bond donors (Lipinski definition) is 2. The lowest BCUT2D eigenvalue weighted by Gasteiger charge is -2.05. The molecule has 1 aromatic carbocycles. The van der Waals surface area contributed by atoms with Gasteiger partial charge in [-0.1, -0.05) is 12.1 Å². The Bertz CT molecular complexity index is 562. The van der Waals surface area contributed by atoms with E-state index in [0.717, 1.165) is 11.3 Å². The predicted octanol–water partition coefficient (Wildman–Crippen LogP) is 1.85. The van der Waals surface area contributed by atoms with Gasteiger partial charge in [0.15, 0.2) is 6.61 Å². The summed E-state index contributed by atoms with van der Waals surface area (Å²) in [5.41, 5.74) is 4.30. The highest BCUT2D eigenvalue weighted by Gasteiger charge is 2.01. The molecule has 0 bridgehead atoms. The molecule has 5 heteroatoms. The van der Waals surface area contributed by atoms with E-state index in [1.807, 2.05) is 43.3 Å². The van der Waals surface area contributed by atoms with E-state index < -0.39 is 0 Å². The lowest BCUT2D eigenvalue weighted by Crippen LogP contribution is -2.24. The molecule has 0 spiro atoms. The van der Waals surface area contributed by atoms with Gasteiger partial charge in [0.1, 0.15) is 5.75 Å². The van der Waals surface area contributed by atoms with Gasteiger partial charge < -0.3 is 9.72 Å². The first-order valence-electron chi connectivity index (χ1n) is 5.89. The Hall–Kier alpha value is -2.56. The van der Waals surface area contributed by atoms with Gasteiger partial charge >= 0.3 is 0 Å². The zero-order valence-electron chi connectivity index (χ0n) is 10.6. The van der Waals surface area contributed by atoms with Crippen molar-refractivity contribution in [1.29, 1.82) is 0 Å². The Labute approximate surface area is 111 Å². The molecule has 1 aromatic heterocycles. The predicted molar refractivity (Wildman–Crippen MR) is 73.2 cm³/mol. The van der Waals surface area contributed by atoms with Gasteiger partial charge in [0, 0.05) is 6.20 Å². The second-order valence-corrected chi connectivity index (χ2v) is 4.02. The van der Waals surface area contributed by atoms with Gasteiger partial charge in [0.05, 0.1) is 11.9 Å². The van der Waals surface area contributed by atoms with Crippen molar-refractivity contribution in [3.05, 3.63) is 53.9 Å². The van der Waals surface area contributed by atoms with E-state index in [0.29, 0.717) is 5.75 Å². The number of aromatic amines is 1. The summed E-state index contributed by atoms with van der Waals surface area (Å²) >= 11 is 0. The third-order valence-corrected chi connectivity index (χ3v) is 2.37. The summed E-state index contributed by atoms with van der Waals surface area (Å²) in [5, 5.41) is 3.81. The van der Waals surface area contributed by atoms with Crippen molar-refractivity contribution in [3.8, 4) is 5.75 Å². The van der Waals surface area contributed by atoms with Crippen LogP contribution in [0.2, 0.25) is 0 Å². The monoisotopic (exact) mass is 257 g/mol. The third kappa shape index (κ3) is 4.31. The minimum atomic E-state index is -0.302. The summed E-state index contributed by atoms with van der Waals surface area (Å²) in [4.78, 5) is 14.4. The van der Waals surface area contributed by atoms with Crippen molar-refractivity contribution in [2.24, 2.45) is 5.10 Å². The average molecular weight is 257 g/mol. The van der Waals surface area contributed by atoms with E-state index in [9.17, 15) is 4.79 Å². The highest BCUT2D eigenvalue weighted by Crippen LogP contribution is 2.11. The van der Waals surface area contributed by atoms with Crippen LogP contribution in [0.1, 0.15) is 11.3 Å². The zero-order chi connectivity index (χ0) is 13.5. The smallest absolute Gasteiger partial charge is 0.277 e. The van der Waals surface area contributed by atoms with E-state index >= 15 is 0 Å². The van der Waals surface area contributed by atoms with Crippen LogP contribution in [-0.2, 0) is 4.79 Å². The minimum absolute atomic E-state index is 0.0640. The summed E-state index contributed by atoms with van der Waals surface area (Å²) in [5.74, 6) is 0.368.